The van der Waals surface area contributed by atoms with Gasteiger partial charge in [0.2, 0.25) is 11.8 Å². The molecule has 6 rings (SSSR count). The molecular formula is C25H33N3O2. The molecule has 0 atom stereocenters. The van der Waals surface area contributed by atoms with Crippen LogP contribution >= 0.6 is 0 Å². The first-order chi connectivity index (χ1) is 14.5. The second kappa shape index (κ2) is 7.82. The molecule has 5 nitrogen and oxygen atoms in total. The molecule has 160 valence electrons. The number of anilines is 1. The van der Waals surface area contributed by atoms with Crippen molar-refractivity contribution < 1.29 is 9.59 Å². The highest BCUT2D eigenvalue weighted by Gasteiger charge is 2.51. The minimum Gasteiger partial charge on any atom is -0.326 e. The molecule has 0 heterocycles. The Morgan fingerprint density at radius 1 is 1.00 bits per heavy atom. The number of amides is 2. The van der Waals surface area contributed by atoms with Gasteiger partial charge in [-0.3, -0.25) is 9.59 Å². The fraction of sp³-hybridized carbons (Fsp3) is 0.640. The van der Waals surface area contributed by atoms with Gasteiger partial charge in [0, 0.05) is 18.0 Å². The SMILES string of the molecule is C/C(=N/NC(=O)CC12CC3CC(CC(C3)C1)C2)c1ccc(NC(=O)C2CCC2)cc1. The standard InChI is InChI=1S/C25H33N3O2/c1-16(20-5-7-22(8-6-20)26-24(30)21-3-2-4-21)27-28-23(29)15-25-12-17-9-18(13-25)11-19(10-17)14-25/h5-8,17-19,21H,2-4,9-15H2,1H3,(H,26,30)(H,28,29)/b27-16-. The van der Waals surface area contributed by atoms with Gasteiger partial charge in [0.05, 0.1) is 5.71 Å². The molecule has 5 heteroatoms. The van der Waals surface area contributed by atoms with E-state index in [9.17, 15) is 9.59 Å². The van der Waals surface area contributed by atoms with Gasteiger partial charge in [0.25, 0.3) is 0 Å². The maximum absolute atomic E-state index is 12.7. The number of hydrogen-bond donors (Lipinski definition) is 2. The summed E-state index contributed by atoms with van der Waals surface area (Å²) in [6.45, 7) is 1.91. The fourth-order valence-electron chi connectivity index (χ4n) is 6.81. The third-order valence-electron chi connectivity index (χ3n) is 8.10. The normalized spacial score (nSPS) is 32.6. The lowest BCUT2D eigenvalue weighted by molar-refractivity contribution is -0.129. The molecule has 4 bridgehead atoms. The first-order valence-electron chi connectivity index (χ1n) is 11.7. The van der Waals surface area contributed by atoms with Crippen molar-refractivity contribution in [1.29, 1.82) is 0 Å². The zero-order valence-corrected chi connectivity index (χ0v) is 18.0. The van der Waals surface area contributed by atoms with Gasteiger partial charge in [-0.25, -0.2) is 5.43 Å². The maximum atomic E-state index is 12.7. The van der Waals surface area contributed by atoms with Crippen LogP contribution in [0.2, 0.25) is 0 Å². The van der Waals surface area contributed by atoms with Crippen molar-refractivity contribution in [3.8, 4) is 0 Å². The molecule has 2 N–H and O–H groups in total. The molecule has 5 fully saturated rings. The molecule has 2 amide bonds. The Bertz CT molecular complexity index is 818. The van der Waals surface area contributed by atoms with Gasteiger partial charge in [-0.15, -0.1) is 0 Å². The van der Waals surface area contributed by atoms with Gasteiger partial charge < -0.3 is 5.32 Å². The van der Waals surface area contributed by atoms with Crippen LogP contribution in [0.1, 0.15) is 76.7 Å². The van der Waals surface area contributed by atoms with Gasteiger partial charge in [0.1, 0.15) is 0 Å². The van der Waals surface area contributed by atoms with Crippen LogP contribution in [0.25, 0.3) is 0 Å². The Morgan fingerprint density at radius 3 is 2.13 bits per heavy atom. The van der Waals surface area contributed by atoms with Crippen molar-refractivity contribution in [2.45, 2.75) is 71.1 Å². The summed E-state index contributed by atoms with van der Waals surface area (Å²) in [5.41, 5.74) is 5.60. The number of nitrogens with zero attached hydrogens (tertiary/aromatic N) is 1. The third kappa shape index (κ3) is 4.03. The van der Waals surface area contributed by atoms with E-state index in [4.69, 9.17) is 0 Å². The Balaban J connectivity index is 1.15. The van der Waals surface area contributed by atoms with Crippen molar-refractivity contribution >= 4 is 23.2 Å². The molecular weight excluding hydrogens is 374 g/mol. The maximum Gasteiger partial charge on any atom is 0.240 e. The van der Waals surface area contributed by atoms with E-state index in [1.165, 1.54) is 38.5 Å². The highest BCUT2D eigenvalue weighted by Crippen LogP contribution is 2.61. The van der Waals surface area contributed by atoms with Gasteiger partial charge in [0.15, 0.2) is 0 Å². The van der Waals surface area contributed by atoms with Crippen LogP contribution in [0.15, 0.2) is 29.4 Å². The quantitative estimate of drug-likeness (QED) is 0.522. The molecule has 5 aliphatic rings. The second-order valence-electron chi connectivity index (χ2n) is 10.5. The van der Waals surface area contributed by atoms with E-state index < -0.39 is 0 Å². The van der Waals surface area contributed by atoms with Crippen molar-refractivity contribution in [2.75, 3.05) is 5.32 Å². The van der Waals surface area contributed by atoms with Crippen LogP contribution in [-0.2, 0) is 9.59 Å². The number of nitrogens with one attached hydrogen (secondary N) is 2. The first-order valence-corrected chi connectivity index (χ1v) is 11.7. The number of rotatable bonds is 6. The van der Waals surface area contributed by atoms with Crippen LogP contribution in [-0.4, -0.2) is 17.5 Å². The van der Waals surface area contributed by atoms with Crippen molar-refractivity contribution in [3.05, 3.63) is 29.8 Å². The second-order valence-corrected chi connectivity index (χ2v) is 10.5. The van der Waals surface area contributed by atoms with Gasteiger partial charge in [-0.1, -0.05) is 18.6 Å². The molecule has 0 aliphatic heterocycles. The van der Waals surface area contributed by atoms with Gasteiger partial charge in [-0.2, -0.15) is 5.10 Å². The molecule has 30 heavy (non-hydrogen) atoms. The summed E-state index contributed by atoms with van der Waals surface area (Å²) < 4.78 is 0. The molecule has 0 unspecified atom stereocenters. The van der Waals surface area contributed by atoms with Crippen molar-refractivity contribution in [3.63, 3.8) is 0 Å². The number of carbonyl (C=O) groups is 2. The highest BCUT2D eigenvalue weighted by atomic mass is 16.2. The van der Waals surface area contributed by atoms with E-state index in [1.54, 1.807) is 0 Å². The summed E-state index contributed by atoms with van der Waals surface area (Å²) in [4.78, 5) is 24.7. The number of carbonyl (C=O) groups excluding carboxylic acids is 2. The van der Waals surface area contributed by atoms with E-state index in [0.29, 0.717) is 6.42 Å². The molecule has 5 aliphatic carbocycles. The van der Waals surface area contributed by atoms with Crippen molar-refractivity contribution in [1.82, 2.24) is 5.43 Å². The lowest BCUT2D eigenvalue weighted by Gasteiger charge is -2.56. The summed E-state index contributed by atoms with van der Waals surface area (Å²) in [7, 11) is 0. The van der Waals surface area contributed by atoms with Crippen LogP contribution < -0.4 is 10.7 Å². The molecule has 0 spiro atoms. The van der Waals surface area contributed by atoms with Gasteiger partial charge >= 0.3 is 0 Å². The molecule has 1 aromatic rings. The minimum absolute atomic E-state index is 0.0562. The average molecular weight is 408 g/mol. The smallest absolute Gasteiger partial charge is 0.240 e. The van der Waals surface area contributed by atoms with E-state index in [2.05, 4.69) is 15.8 Å². The predicted molar refractivity (Wildman–Crippen MR) is 118 cm³/mol. The lowest BCUT2D eigenvalue weighted by atomic mass is 9.49. The Kier molecular flexibility index (Phi) is 5.16. The Hall–Kier alpha value is -2.17. The highest BCUT2D eigenvalue weighted by molar-refractivity contribution is 6.00. The molecule has 0 saturated heterocycles. The Labute approximate surface area is 179 Å². The summed E-state index contributed by atoms with van der Waals surface area (Å²) >= 11 is 0. The monoisotopic (exact) mass is 407 g/mol. The summed E-state index contributed by atoms with van der Waals surface area (Å²) in [6, 6.07) is 7.70. The molecule has 5 saturated carbocycles. The fourth-order valence-corrected chi connectivity index (χ4v) is 6.81. The van der Waals surface area contributed by atoms with Crippen LogP contribution in [0.5, 0.6) is 0 Å². The predicted octanol–water partition coefficient (Wildman–Crippen LogP) is 4.87. The first kappa shape index (κ1) is 19.8. The number of hydrazone groups is 1. The van der Waals surface area contributed by atoms with Crippen LogP contribution in [0.4, 0.5) is 5.69 Å². The lowest BCUT2D eigenvalue weighted by Crippen LogP contribution is -2.47. The topological polar surface area (TPSA) is 70.6 Å². The summed E-state index contributed by atoms with van der Waals surface area (Å²) in [6.07, 6.45) is 11.7. The van der Waals surface area contributed by atoms with Crippen molar-refractivity contribution in [2.24, 2.45) is 34.2 Å². The zero-order chi connectivity index (χ0) is 20.7. The van der Waals surface area contributed by atoms with Crippen LogP contribution in [0, 0.1) is 29.1 Å². The molecule has 0 radical (unpaired) electrons. The van der Waals surface area contributed by atoms with Crippen LogP contribution in [0.3, 0.4) is 0 Å². The van der Waals surface area contributed by atoms with E-state index in [-0.39, 0.29) is 23.1 Å². The largest absolute Gasteiger partial charge is 0.326 e. The number of hydrogen-bond acceptors (Lipinski definition) is 3. The zero-order valence-electron chi connectivity index (χ0n) is 18.0. The van der Waals surface area contributed by atoms with E-state index in [0.717, 1.165) is 54.0 Å². The number of benzene rings is 1. The van der Waals surface area contributed by atoms with E-state index >= 15 is 0 Å². The Morgan fingerprint density at radius 2 is 1.60 bits per heavy atom. The summed E-state index contributed by atoms with van der Waals surface area (Å²) in [5.74, 6) is 2.93. The third-order valence-corrected chi connectivity index (χ3v) is 8.10. The summed E-state index contributed by atoms with van der Waals surface area (Å²) in [5, 5.41) is 7.35. The van der Waals surface area contributed by atoms with Gasteiger partial charge in [-0.05, 0) is 99.2 Å². The minimum atomic E-state index is 0.0562. The van der Waals surface area contributed by atoms with E-state index in [1.807, 2.05) is 31.2 Å². The molecule has 1 aromatic carbocycles. The average Bonchev–Trinajstić information content (AvgIpc) is 2.63. The molecule has 0 aromatic heterocycles.